The second-order valence-corrected chi connectivity index (χ2v) is 5.23. The van der Waals surface area contributed by atoms with Gasteiger partial charge in [-0.05, 0) is 19.5 Å². The molecule has 0 spiro atoms. The molecule has 0 amide bonds. The Hall–Kier alpha value is -1.82. The number of fused-ring (bicyclic) bond motifs is 2. The van der Waals surface area contributed by atoms with Gasteiger partial charge in [0.25, 0.3) is 5.69 Å². The first-order valence-corrected chi connectivity index (χ1v) is 6.39. The number of piperidine rings is 1. The third-order valence-corrected chi connectivity index (χ3v) is 4.27. The zero-order valence-electron chi connectivity index (χ0n) is 11.1. The predicted octanol–water partition coefficient (Wildman–Crippen LogP) is 1.50. The fourth-order valence-corrected chi connectivity index (χ4v) is 3.03. The van der Waals surface area contributed by atoms with Gasteiger partial charge in [0.05, 0.1) is 23.8 Å². The van der Waals surface area contributed by atoms with E-state index in [2.05, 4.69) is 16.8 Å². The number of anilines is 1. The van der Waals surface area contributed by atoms with E-state index in [0.29, 0.717) is 17.8 Å². The number of benzene rings is 1. The topological polar surface area (TPSA) is 58.9 Å². The molecule has 3 aliphatic rings. The Bertz CT molecular complexity index is 508. The number of non-ortho nitro benzene ring substituents is 1. The summed E-state index contributed by atoms with van der Waals surface area (Å²) in [6, 6.07) is 6.03. The standard InChI is InChI=1S/C13H17N3O3/c1-14-10-5-11(14)8-15(7-10)12-4-3-9(16(17)18)6-13(12)19-2/h3-4,6,10-11H,5,7-8H2,1-2H3. The minimum Gasteiger partial charge on any atom is -0.494 e. The van der Waals surface area contributed by atoms with Gasteiger partial charge >= 0.3 is 0 Å². The van der Waals surface area contributed by atoms with Gasteiger partial charge in [-0.2, -0.15) is 0 Å². The van der Waals surface area contributed by atoms with Crippen molar-refractivity contribution in [1.29, 1.82) is 0 Å². The molecule has 0 aromatic heterocycles. The van der Waals surface area contributed by atoms with Crippen molar-refractivity contribution in [3.63, 3.8) is 0 Å². The van der Waals surface area contributed by atoms with Gasteiger partial charge in [-0.15, -0.1) is 0 Å². The van der Waals surface area contributed by atoms with Crippen molar-refractivity contribution >= 4 is 11.4 Å². The Morgan fingerprint density at radius 1 is 1.37 bits per heavy atom. The molecule has 102 valence electrons. The summed E-state index contributed by atoms with van der Waals surface area (Å²) in [5.74, 6) is 0.582. The average molecular weight is 263 g/mol. The molecule has 1 aromatic carbocycles. The Morgan fingerprint density at radius 2 is 2.05 bits per heavy atom. The van der Waals surface area contributed by atoms with Crippen molar-refractivity contribution in [2.45, 2.75) is 18.5 Å². The number of hydrogen-bond acceptors (Lipinski definition) is 5. The summed E-state index contributed by atoms with van der Waals surface area (Å²) < 4.78 is 5.31. The lowest BCUT2D eigenvalue weighted by atomic mass is 9.88. The molecule has 2 atom stereocenters. The molecule has 3 heterocycles. The van der Waals surface area contributed by atoms with Crippen molar-refractivity contribution in [3.05, 3.63) is 28.3 Å². The van der Waals surface area contributed by atoms with Crippen LogP contribution >= 0.6 is 0 Å². The van der Waals surface area contributed by atoms with E-state index in [1.54, 1.807) is 19.2 Å². The summed E-state index contributed by atoms with van der Waals surface area (Å²) >= 11 is 0. The van der Waals surface area contributed by atoms with Crippen molar-refractivity contribution < 1.29 is 9.66 Å². The van der Waals surface area contributed by atoms with Gasteiger partial charge in [0.15, 0.2) is 0 Å². The molecule has 6 nitrogen and oxygen atoms in total. The van der Waals surface area contributed by atoms with Gasteiger partial charge in [0.2, 0.25) is 0 Å². The lowest BCUT2D eigenvalue weighted by Gasteiger charge is -2.55. The summed E-state index contributed by atoms with van der Waals surface area (Å²) in [6.45, 7) is 1.92. The molecule has 3 aliphatic heterocycles. The molecule has 0 radical (unpaired) electrons. The molecule has 3 saturated heterocycles. The highest BCUT2D eigenvalue weighted by atomic mass is 16.6. The van der Waals surface area contributed by atoms with Crippen LogP contribution in [0.4, 0.5) is 11.4 Å². The Labute approximate surface area is 111 Å². The third kappa shape index (κ3) is 1.92. The number of rotatable bonds is 3. The summed E-state index contributed by atoms with van der Waals surface area (Å²) in [6.07, 6.45) is 1.25. The number of nitrogens with zero attached hydrogens (tertiary/aromatic N) is 3. The maximum Gasteiger partial charge on any atom is 0.273 e. The molecule has 6 heteroatoms. The lowest BCUT2D eigenvalue weighted by Crippen LogP contribution is -2.67. The minimum atomic E-state index is -0.395. The molecule has 2 unspecified atom stereocenters. The fourth-order valence-electron chi connectivity index (χ4n) is 3.03. The van der Waals surface area contributed by atoms with Crippen LogP contribution in [0.5, 0.6) is 5.75 Å². The van der Waals surface area contributed by atoms with E-state index in [-0.39, 0.29) is 5.69 Å². The van der Waals surface area contributed by atoms with E-state index < -0.39 is 4.92 Å². The molecule has 2 bridgehead atoms. The first kappa shape index (κ1) is 12.2. The molecular formula is C13H17N3O3. The Balaban J connectivity index is 1.87. The number of hydrogen-bond donors (Lipinski definition) is 0. The Morgan fingerprint density at radius 3 is 2.58 bits per heavy atom. The van der Waals surface area contributed by atoms with E-state index in [9.17, 15) is 10.1 Å². The molecule has 4 rings (SSSR count). The normalized spacial score (nSPS) is 25.9. The predicted molar refractivity (Wildman–Crippen MR) is 71.8 cm³/mol. The van der Waals surface area contributed by atoms with Crippen LogP contribution in [-0.2, 0) is 0 Å². The fraction of sp³-hybridized carbons (Fsp3) is 0.538. The van der Waals surface area contributed by atoms with Crippen molar-refractivity contribution in [2.75, 3.05) is 32.1 Å². The first-order chi connectivity index (χ1) is 9.10. The van der Waals surface area contributed by atoms with Gasteiger partial charge in [-0.1, -0.05) is 0 Å². The van der Waals surface area contributed by atoms with Crippen molar-refractivity contribution in [2.24, 2.45) is 0 Å². The largest absolute Gasteiger partial charge is 0.494 e. The van der Waals surface area contributed by atoms with Crippen LogP contribution in [-0.4, -0.2) is 49.2 Å². The first-order valence-electron chi connectivity index (χ1n) is 6.39. The van der Waals surface area contributed by atoms with E-state index in [4.69, 9.17) is 4.74 Å². The van der Waals surface area contributed by atoms with Crippen molar-refractivity contribution in [3.8, 4) is 5.75 Å². The molecular weight excluding hydrogens is 246 g/mol. The number of ether oxygens (including phenoxy) is 1. The zero-order valence-corrected chi connectivity index (χ0v) is 11.1. The number of methoxy groups -OCH3 is 1. The van der Waals surface area contributed by atoms with Crippen LogP contribution in [0.25, 0.3) is 0 Å². The minimum absolute atomic E-state index is 0.0693. The monoisotopic (exact) mass is 263 g/mol. The smallest absolute Gasteiger partial charge is 0.273 e. The number of nitro benzene ring substituents is 1. The van der Waals surface area contributed by atoms with Gasteiger partial charge < -0.3 is 9.64 Å². The molecule has 0 aliphatic carbocycles. The lowest BCUT2D eigenvalue weighted by molar-refractivity contribution is -0.384. The van der Waals surface area contributed by atoms with Crippen LogP contribution in [0, 0.1) is 10.1 Å². The average Bonchev–Trinajstić information content (AvgIpc) is 2.45. The maximum atomic E-state index is 10.8. The molecule has 3 fully saturated rings. The number of likely N-dealkylation sites (N-methyl/N-ethyl adjacent to an activating group) is 1. The third-order valence-electron chi connectivity index (χ3n) is 4.27. The molecule has 0 N–H and O–H groups in total. The van der Waals surface area contributed by atoms with Crippen LogP contribution in [0.3, 0.4) is 0 Å². The van der Waals surface area contributed by atoms with E-state index >= 15 is 0 Å². The summed E-state index contributed by atoms with van der Waals surface area (Å²) in [5.41, 5.74) is 1.02. The van der Waals surface area contributed by atoms with Crippen LogP contribution in [0.1, 0.15) is 6.42 Å². The second kappa shape index (κ2) is 4.38. The van der Waals surface area contributed by atoms with E-state index in [1.165, 1.54) is 12.5 Å². The van der Waals surface area contributed by atoms with Crippen LogP contribution in [0.15, 0.2) is 18.2 Å². The van der Waals surface area contributed by atoms with Gasteiger partial charge in [0.1, 0.15) is 5.75 Å². The van der Waals surface area contributed by atoms with Gasteiger partial charge in [-0.3, -0.25) is 15.0 Å². The number of nitro groups is 1. The summed E-state index contributed by atoms with van der Waals surface area (Å²) in [7, 11) is 3.71. The van der Waals surface area contributed by atoms with Crippen LogP contribution < -0.4 is 9.64 Å². The van der Waals surface area contributed by atoms with Crippen LogP contribution in [0.2, 0.25) is 0 Å². The summed E-state index contributed by atoms with van der Waals surface area (Å²) in [4.78, 5) is 15.1. The van der Waals surface area contributed by atoms with Gasteiger partial charge in [-0.25, -0.2) is 0 Å². The SMILES string of the molecule is COc1cc([N+](=O)[O-])ccc1N1CC2CC(C1)N2C. The Kier molecular flexibility index (Phi) is 2.82. The quantitative estimate of drug-likeness (QED) is 0.611. The van der Waals surface area contributed by atoms with E-state index in [0.717, 1.165) is 18.8 Å². The highest BCUT2D eigenvalue weighted by Gasteiger charge is 2.42. The maximum absolute atomic E-state index is 10.8. The zero-order chi connectivity index (χ0) is 13.6. The van der Waals surface area contributed by atoms with E-state index in [1.807, 2.05) is 0 Å². The molecule has 19 heavy (non-hydrogen) atoms. The summed E-state index contributed by atoms with van der Waals surface area (Å²) in [5, 5.41) is 10.8. The number of piperazine rings is 1. The van der Waals surface area contributed by atoms with Gasteiger partial charge in [0, 0.05) is 31.2 Å². The van der Waals surface area contributed by atoms with Crippen molar-refractivity contribution in [1.82, 2.24) is 4.90 Å². The molecule has 0 saturated carbocycles. The highest BCUT2D eigenvalue weighted by Crippen LogP contribution is 2.38. The highest BCUT2D eigenvalue weighted by molar-refractivity contribution is 5.63. The second-order valence-electron chi connectivity index (χ2n) is 5.23. The molecule has 1 aromatic rings.